The van der Waals surface area contributed by atoms with Crippen LogP contribution in [0.1, 0.15) is 35.8 Å². The molecule has 0 aromatic carbocycles. The highest BCUT2D eigenvalue weighted by Crippen LogP contribution is 2.21. The van der Waals surface area contributed by atoms with E-state index in [0.29, 0.717) is 0 Å². The molecule has 1 saturated heterocycles. The summed E-state index contributed by atoms with van der Waals surface area (Å²) >= 11 is 0. The van der Waals surface area contributed by atoms with Gasteiger partial charge in [0.1, 0.15) is 0 Å². The molecule has 14 heavy (non-hydrogen) atoms. The number of aromatic nitrogens is 1. The summed E-state index contributed by atoms with van der Waals surface area (Å²) in [4.78, 5) is 15.0. The Morgan fingerprint density at radius 3 is 2.79 bits per heavy atom. The van der Waals surface area contributed by atoms with Crippen molar-refractivity contribution in [2.75, 3.05) is 6.54 Å². The lowest BCUT2D eigenvalue weighted by atomic mass is 10.0. The first-order valence-corrected chi connectivity index (χ1v) is 5.12. The first kappa shape index (κ1) is 9.46. The summed E-state index contributed by atoms with van der Waals surface area (Å²) in [5.74, 6) is 0. The molecule has 1 unspecified atom stereocenters. The van der Waals surface area contributed by atoms with Crippen LogP contribution < -0.4 is 10.7 Å². The van der Waals surface area contributed by atoms with Gasteiger partial charge in [-0.05, 0) is 33.2 Å². The van der Waals surface area contributed by atoms with E-state index in [-0.39, 0.29) is 11.5 Å². The Morgan fingerprint density at radius 2 is 2.21 bits per heavy atom. The molecule has 2 heterocycles. The number of pyridine rings is 1. The van der Waals surface area contributed by atoms with Gasteiger partial charge in [0.05, 0.1) is 0 Å². The zero-order chi connectivity index (χ0) is 10.1. The molecule has 2 N–H and O–H groups in total. The van der Waals surface area contributed by atoms with Gasteiger partial charge in [-0.15, -0.1) is 0 Å². The van der Waals surface area contributed by atoms with E-state index in [4.69, 9.17) is 0 Å². The Balaban J connectivity index is 2.46. The average Bonchev–Trinajstić information content (AvgIpc) is 2.54. The molecule has 1 aliphatic heterocycles. The molecule has 0 bridgehead atoms. The van der Waals surface area contributed by atoms with Gasteiger partial charge in [-0.2, -0.15) is 0 Å². The molecule has 0 saturated carbocycles. The lowest BCUT2D eigenvalue weighted by Gasteiger charge is -2.13. The topological polar surface area (TPSA) is 44.9 Å². The summed E-state index contributed by atoms with van der Waals surface area (Å²) in [5, 5.41) is 3.35. The maximum Gasteiger partial charge on any atom is 0.186 e. The summed E-state index contributed by atoms with van der Waals surface area (Å²) in [6.45, 7) is 4.92. The number of aromatic amines is 1. The molecular weight excluding hydrogens is 176 g/mol. The van der Waals surface area contributed by atoms with Crippen molar-refractivity contribution in [1.29, 1.82) is 0 Å². The number of nitrogens with one attached hydrogen (secondary N) is 2. The van der Waals surface area contributed by atoms with Crippen molar-refractivity contribution in [3.63, 3.8) is 0 Å². The Bertz CT molecular complexity index is 389. The molecule has 0 spiro atoms. The minimum atomic E-state index is 0.165. The van der Waals surface area contributed by atoms with E-state index < -0.39 is 0 Å². The lowest BCUT2D eigenvalue weighted by Crippen LogP contribution is -2.23. The fraction of sp³-hybridized carbons (Fsp3) is 0.545. The van der Waals surface area contributed by atoms with Gasteiger partial charge >= 0.3 is 0 Å². The van der Waals surface area contributed by atoms with Crippen LogP contribution in [-0.4, -0.2) is 11.5 Å². The van der Waals surface area contributed by atoms with E-state index in [2.05, 4.69) is 10.3 Å². The third-order valence-corrected chi connectivity index (χ3v) is 2.81. The molecule has 76 valence electrons. The van der Waals surface area contributed by atoms with Crippen molar-refractivity contribution in [2.45, 2.75) is 32.7 Å². The second kappa shape index (κ2) is 3.58. The number of H-pyrrole nitrogens is 1. The Hall–Kier alpha value is -1.09. The molecule has 3 heteroatoms. The summed E-state index contributed by atoms with van der Waals surface area (Å²) in [7, 11) is 0. The molecule has 2 rings (SSSR count). The second-order valence-corrected chi connectivity index (χ2v) is 4.00. The quantitative estimate of drug-likeness (QED) is 0.706. The van der Waals surface area contributed by atoms with Crippen molar-refractivity contribution in [3.8, 4) is 0 Å². The van der Waals surface area contributed by atoms with Crippen LogP contribution in [0.25, 0.3) is 0 Å². The van der Waals surface area contributed by atoms with E-state index >= 15 is 0 Å². The third kappa shape index (κ3) is 1.60. The van der Waals surface area contributed by atoms with Crippen LogP contribution in [-0.2, 0) is 0 Å². The van der Waals surface area contributed by atoms with Crippen LogP contribution >= 0.6 is 0 Å². The van der Waals surface area contributed by atoms with E-state index in [1.807, 2.05) is 13.8 Å². The standard InChI is InChI=1S/C11H16N2O/c1-7-6-10(14)11(8(2)13-7)9-4-3-5-12-9/h6,9,12H,3-5H2,1-2H3,(H,13,14). The maximum atomic E-state index is 11.8. The van der Waals surface area contributed by atoms with Crippen LogP contribution in [0.15, 0.2) is 10.9 Å². The Kier molecular flexibility index (Phi) is 2.42. The first-order valence-electron chi connectivity index (χ1n) is 5.12. The summed E-state index contributed by atoms with van der Waals surface area (Å²) in [5.41, 5.74) is 3.04. The van der Waals surface area contributed by atoms with Gasteiger partial charge in [0.2, 0.25) is 0 Å². The molecule has 1 atom stereocenters. The smallest absolute Gasteiger partial charge is 0.186 e. The molecule has 1 aromatic rings. The Labute approximate surface area is 83.5 Å². The van der Waals surface area contributed by atoms with Gasteiger partial charge in [-0.1, -0.05) is 0 Å². The molecule has 0 amide bonds. The third-order valence-electron chi connectivity index (χ3n) is 2.81. The van der Waals surface area contributed by atoms with Crippen LogP contribution in [0.5, 0.6) is 0 Å². The molecule has 3 nitrogen and oxygen atoms in total. The Morgan fingerprint density at radius 1 is 1.43 bits per heavy atom. The normalized spacial score (nSPS) is 21.4. The highest BCUT2D eigenvalue weighted by Gasteiger charge is 2.20. The van der Waals surface area contributed by atoms with Gasteiger partial charge in [-0.3, -0.25) is 4.79 Å². The fourth-order valence-electron chi connectivity index (χ4n) is 2.22. The van der Waals surface area contributed by atoms with Gasteiger partial charge in [0.25, 0.3) is 0 Å². The highest BCUT2D eigenvalue weighted by molar-refractivity contribution is 5.26. The van der Waals surface area contributed by atoms with Crippen molar-refractivity contribution < 1.29 is 0 Å². The van der Waals surface area contributed by atoms with Gasteiger partial charge in [0.15, 0.2) is 5.43 Å². The molecule has 1 aliphatic rings. The molecular formula is C11H16N2O. The predicted molar refractivity (Wildman–Crippen MR) is 56.5 cm³/mol. The SMILES string of the molecule is Cc1cc(=O)c(C2CCCN2)c(C)[nH]1. The van der Waals surface area contributed by atoms with Gasteiger partial charge in [-0.25, -0.2) is 0 Å². The predicted octanol–water partition coefficient (Wildman–Crippen LogP) is 1.42. The largest absolute Gasteiger partial charge is 0.362 e. The van der Waals surface area contributed by atoms with Crippen molar-refractivity contribution in [3.05, 3.63) is 33.2 Å². The molecule has 1 aromatic heterocycles. The number of rotatable bonds is 1. The summed E-state index contributed by atoms with van der Waals surface area (Å²) in [6.07, 6.45) is 2.24. The van der Waals surface area contributed by atoms with E-state index in [9.17, 15) is 4.79 Å². The van der Waals surface area contributed by atoms with Crippen LogP contribution in [0, 0.1) is 13.8 Å². The number of hydrogen-bond donors (Lipinski definition) is 2. The van der Waals surface area contributed by atoms with E-state index in [1.54, 1.807) is 6.07 Å². The van der Waals surface area contributed by atoms with E-state index in [1.165, 1.54) is 0 Å². The van der Waals surface area contributed by atoms with Gasteiger partial charge in [0, 0.05) is 29.1 Å². The molecule has 0 radical (unpaired) electrons. The van der Waals surface area contributed by atoms with Crippen molar-refractivity contribution in [1.82, 2.24) is 10.3 Å². The van der Waals surface area contributed by atoms with Crippen LogP contribution in [0.3, 0.4) is 0 Å². The lowest BCUT2D eigenvalue weighted by molar-refractivity contribution is 0.634. The minimum absolute atomic E-state index is 0.165. The minimum Gasteiger partial charge on any atom is -0.362 e. The van der Waals surface area contributed by atoms with Crippen molar-refractivity contribution >= 4 is 0 Å². The van der Waals surface area contributed by atoms with Crippen LogP contribution in [0.2, 0.25) is 0 Å². The number of aryl methyl sites for hydroxylation is 2. The monoisotopic (exact) mass is 192 g/mol. The average molecular weight is 192 g/mol. The highest BCUT2D eigenvalue weighted by atomic mass is 16.1. The first-order chi connectivity index (χ1) is 6.68. The fourth-order valence-corrected chi connectivity index (χ4v) is 2.22. The van der Waals surface area contributed by atoms with Crippen molar-refractivity contribution in [2.24, 2.45) is 0 Å². The summed E-state index contributed by atoms with van der Waals surface area (Å²) in [6, 6.07) is 1.95. The van der Waals surface area contributed by atoms with Gasteiger partial charge < -0.3 is 10.3 Å². The number of hydrogen-bond acceptors (Lipinski definition) is 2. The second-order valence-electron chi connectivity index (χ2n) is 4.00. The zero-order valence-electron chi connectivity index (χ0n) is 8.68. The van der Waals surface area contributed by atoms with E-state index in [0.717, 1.165) is 36.3 Å². The van der Waals surface area contributed by atoms with Crippen LogP contribution in [0.4, 0.5) is 0 Å². The molecule has 0 aliphatic carbocycles. The zero-order valence-corrected chi connectivity index (χ0v) is 8.68. The maximum absolute atomic E-state index is 11.8. The molecule has 1 fully saturated rings. The summed E-state index contributed by atoms with van der Waals surface area (Å²) < 4.78 is 0.